The van der Waals surface area contributed by atoms with Crippen LogP contribution in [-0.4, -0.2) is 46.9 Å². The lowest BCUT2D eigenvalue weighted by Gasteiger charge is -2.23. The number of benzene rings is 2. The van der Waals surface area contributed by atoms with Crippen LogP contribution in [0.25, 0.3) is 22.6 Å². The molecule has 0 bridgehead atoms. The van der Waals surface area contributed by atoms with Crippen molar-refractivity contribution in [3.8, 4) is 6.07 Å². The van der Waals surface area contributed by atoms with E-state index in [0.29, 0.717) is 28.6 Å². The van der Waals surface area contributed by atoms with Crippen molar-refractivity contribution >= 4 is 40.1 Å². The summed E-state index contributed by atoms with van der Waals surface area (Å²) in [6, 6.07) is 15.6. The van der Waals surface area contributed by atoms with E-state index in [2.05, 4.69) is 0 Å². The molecule has 0 N–H and O–H groups in total. The number of hydrogen-bond acceptors (Lipinski definition) is 7. The second-order valence-corrected chi connectivity index (χ2v) is 8.50. The molecule has 9 nitrogen and oxygen atoms in total. The number of nitrogens with zero attached hydrogens (tertiary/aromatic N) is 4. The molecule has 0 atom stereocenters. The van der Waals surface area contributed by atoms with E-state index in [4.69, 9.17) is 15.0 Å². The molecule has 1 aliphatic rings. The molecule has 36 heavy (non-hydrogen) atoms. The summed E-state index contributed by atoms with van der Waals surface area (Å²) < 4.78 is 5.43. The largest absolute Gasteiger partial charge is 0.452 e. The molecular weight excluding hydrogens is 460 g/mol. The van der Waals surface area contributed by atoms with Crippen LogP contribution in [0, 0.1) is 21.4 Å². The summed E-state index contributed by atoms with van der Waals surface area (Å²) in [7, 11) is 1.56. The highest BCUT2D eigenvalue weighted by molar-refractivity contribution is 6.07. The van der Waals surface area contributed by atoms with Gasteiger partial charge in [0.25, 0.3) is 11.6 Å². The zero-order valence-corrected chi connectivity index (χ0v) is 19.8. The predicted molar refractivity (Wildman–Crippen MR) is 134 cm³/mol. The number of nitro groups is 1. The number of nitriles is 1. The Morgan fingerprint density at radius 2 is 1.94 bits per heavy atom. The first-order chi connectivity index (χ1) is 17.4. The van der Waals surface area contributed by atoms with E-state index in [0.717, 1.165) is 29.5 Å². The Hall–Kier alpha value is -4.58. The number of ether oxygens (including phenoxy) is 1. The van der Waals surface area contributed by atoms with Crippen LogP contribution in [0.15, 0.2) is 48.5 Å². The van der Waals surface area contributed by atoms with Gasteiger partial charge in [-0.15, -0.1) is 0 Å². The molecule has 0 unspecified atom stereocenters. The molecule has 1 aromatic heterocycles. The van der Waals surface area contributed by atoms with E-state index in [1.54, 1.807) is 19.2 Å². The maximum Gasteiger partial charge on any atom is 0.339 e. The molecule has 0 aliphatic heterocycles. The summed E-state index contributed by atoms with van der Waals surface area (Å²) in [5.41, 5.74) is 4.24. The van der Waals surface area contributed by atoms with E-state index >= 15 is 0 Å². The number of hydrogen-bond donors (Lipinski definition) is 0. The van der Waals surface area contributed by atoms with Gasteiger partial charge < -0.3 is 9.64 Å². The van der Waals surface area contributed by atoms with Gasteiger partial charge in [-0.3, -0.25) is 14.9 Å². The molecule has 1 aliphatic carbocycles. The van der Waals surface area contributed by atoms with Gasteiger partial charge in [-0.2, -0.15) is 5.26 Å². The summed E-state index contributed by atoms with van der Waals surface area (Å²) >= 11 is 0. The van der Waals surface area contributed by atoms with Gasteiger partial charge in [0.1, 0.15) is 0 Å². The minimum atomic E-state index is -0.594. The van der Waals surface area contributed by atoms with Crippen molar-refractivity contribution in [1.82, 2.24) is 9.88 Å². The maximum atomic E-state index is 13.3. The first kappa shape index (κ1) is 24.5. The Labute approximate surface area is 207 Å². The average molecular weight is 485 g/mol. The normalized spacial score (nSPS) is 13.6. The fourth-order valence-corrected chi connectivity index (χ4v) is 4.25. The SMILES string of the molecule is CN(CCC#N)C(=O)COC(=O)c1c2c(nc3ccccc13)C(=Cc1ccc([N+](=O)[O-])cc1)CCC2. The Bertz CT molecular complexity index is 1410. The van der Waals surface area contributed by atoms with Gasteiger partial charge in [0.15, 0.2) is 6.61 Å². The number of para-hydroxylation sites is 1. The molecule has 0 saturated heterocycles. The van der Waals surface area contributed by atoms with Crippen molar-refractivity contribution in [3.63, 3.8) is 0 Å². The first-order valence-corrected chi connectivity index (χ1v) is 11.5. The number of amides is 1. The Balaban J connectivity index is 1.69. The number of carbonyl (C=O) groups excluding carboxylic acids is 2. The molecule has 2 aromatic carbocycles. The number of carbonyl (C=O) groups is 2. The number of aromatic nitrogens is 1. The number of esters is 1. The average Bonchev–Trinajstić information content (AvgIpc) is 2.89. The van der Waals surface area contributed by atoms with Gasteiger partial charge in [-0.1, -0.05) is 18.2 Å². The van der Waals surface area contributed by atoms with Crippen LogP contribution in [0.5, 0.6) is 0 Å². The lowest BCUT2D eigenvalue weighted by molar-refractivity contribution is -0.384. The number of likely N-dealkylation sites (N-methyl/N-ethyl adjacent to an activating group) is 1. The van der Waals surface area contributed by atoms with Crippen molar-refractivity contribution in [2.24, 2.45) is 0 Å². The maximum absolute atomic E-state index is 13.3. The molecule has 9 heteroatoms. The van der Waals surface area contributed by atoms with E-state index in [-0.39, 0.29) is 24.6 Å². The third-order valence-electron chi connectivity index (χ3n) is 6.13. The van der Waals surface area contributed by atoms with Crippen LogP contribution >= 0.6 is 0 Å². The first-order valence-electron chi connectivity index (χ1n) is 11.5. The topological polar surface area (TPSA) is 126 Å². The minimum absolute atomic E-state index is 0.0168. The van der Waals surface area contributed by atoms with Crippen LogP contribution in [0.4, 0.5) is 5.69 Å². The molecular formula is C27H24N4O5. The number of pyridine rings is 1. The standard InChI is InChI=1S/C27H24N4O5/c1-30(15-5-14-28)24(32)17-36-27(33)25-21-7-2-3-9-23(21)29-26-19(6-4-8-22(25)26)16-18-10-12-20(13-11-18)31(34)35/h2-3,7,9-13,16H,4-6,8,15,17H2,1H3. The highest BCUT2D eigenvalue weighted by Gasteiger charge is 2.26. The second kappa shape index (κ2) is 10.8. The van der Waals surface area contributed by atoms with Crippen molar-refractivity contribution in [2.45, 2.75) is 25.7 Å². The van der Waals surface area contributed by atoms with Crippen molar-refractivity contribution < 1.29 is 19.2 Å². The number of allylic oxidation sites excluding steroid dienone is 1. The second-order valence-electron chi connectivity index (χ2n) is 8.50. The van der Waals surface area contributed by atoms with E-state index < -0.39 is 17.5 Å². The highest BCUT2D eigenvalue weighted by Crippen LogP contribution is 2.36. The molecule has 1 amide bonds. The van der Waals surface area contributed by atoms with Gasteiger partial charge >= 0.3 is 5.97 Å². The number of non-ortho nitro benzene ring substituents is 1. The summed E-state index contributed by atoms with van der Waals surface area (Å²) in [6.45, 7) is -0.158. The molecule has 0 spiro atoms. The van der Waals surface area contributed by atoms with E-state index in [9.17, 15) is 19.7 Å². The molecule has 0 saturated carbocycles. The lowest BCUT2D eigenvalue weighted by Crippen LogP contribution is -2.32. The van der Waals surface area contributed by atoms with E-state index in [1.165, 1.54) is 17.0 Å². The van der Waals surface area contributed by atoms with Gasteiger partial charge in [0, 0.05) is 31.1 Å². The fourth-order valence-electron chi connectivity index (χ4n) is 4.25. The van der Waals surface area contributed by atoms with Crippen LogP contribution in [0.2, 0.25) is 0 Å². The number of fused-ring (bicyclic) bond motifs is 2. The van der Waals surface area contributed by atoms with Crippen LogP contribution in [-0.2, 0) is 16.0 Å². The molecule has 4 rings (SSSR count). The summed E-state index contributed by atoms with van der Waals surface area (Å²) in [4.78, 5) is 42.4. The zero-order chi connectivity index (χ0) is 25.7. The molecule has 182 valence electrons. The highest BCUT2D eigenvalue weighted by atomic mass is 16.6. The van der Waals surface area contributed by atoms with Crippen LogP contribution < -0.4 is 0 Å². The minimum Gasteiger partial charge on any atom is -0.452 e. The van der Waals surface area contributed by atoms with Gasteiger partial charge in [0.05, 0.1) is 34.2 Å². The van der Waals surface area contributed by atoms with Gasteiger partial charge in [-0.25, -0.2) is 9.78 Å². The fraction of sp³-hybridized carbons (Fsp3) is 0.259. The quantitative estimate of drug-likeness (QED) is 0.273. The lowest BCUT2D eigenvalue weighted by atomic mass is 9.86. The molecule has 0 fully saturated rings. The summed E-state index contributed by atoms with van der Waals surface area (Å²) in [5.74, 6) is -0.979. The van der Waals surface area contributed by atoms with Crippen molar-refractivity contribution in [3.05, 3.63) is 81.0 Å². The van der Waals surface area contributed by atoms with Crippen molar-refractivity contribution in [1.29, 1.82) is 5.26 Å². The summed E-state index contributed by atoms with van der Waals surface area (Å²) in [6.07, 6.45) is 4.30. The van der Waals surface area contributed by atoms with Crippen molar-refractivity contribution in [2.75, 3.05) is 20.2 Å². The monoisotopic (exact) mass is 484 g/mol. The molecule has 0 radical (unpaired) electrons. The zero-order valence-electron chi connectivity index (χ0n) is 19.8. The van der Waals surface area contributed by atoms with Gasteiger partial charge in [-0.05, 0) is 60.2 Å². The van der Waals surface area contributed by atoms with Crippen LogP contribution in [0.3, 0.4) is 0 Å². The Morgan fingerprint density at radius 1 is 1.19 bits per heavy atom. The predicted octanol–water partition coefficient (Wildman–Crippen LogP) is 4.55. The third-order valence-corrected chi connectivity index (χ3v) is 6.13. The Morgan fingerprint density at radius 3 is 2.67 bits per heavy atom. The smallest absolute Gasteiger partial charge is 0.339 e. The van der Waals surface area contributed by atoms with Gasteiger partial charge in [0.2, 0.25) is 0 Å². The van der Waals surface area contributed by atoms with Crippen LogP contribution in [0.1, 0.15) is 46.4 Å². The summed E-state index contributed by atoms with van der Waals surface area (Å²) in [5, 5.41) is 20.3. The third kappa shape index (κ3) is 5.23. The molecule has 1 heterocycles. The number of nitro benzene ring substituents is 1. The Kier molecular flexibility index (Phi) is 7.35. The van der Waals surface area contributed by atoms with E-state index in [1.807, 2.05) is 36.4 Å². The molecule has 3 aromatic rings. The number of rotatable bonds is 7.